The molecule has 2 aliphatic rings. The maximum absolute atomic E-state index is 14.2. The van der Waals surface area contributed by atoms with E-state index < -0.39 is 11.7 Å². The first-order valence-electron chi connectivity index (χ1n) is 6.32. The lowest BCUT2D eigenvalue weighted by Gasteiger charge is -2.40. The number of alkyl halides is 2. The van der Waals surface area contributed by atoms with E-state index in [2.05, 4.69) is 26.2 Å². The Bertz CT molecular complexity index is 556. The van der Waals surface area contributed by atoms with Crippen molar-refractivity contribution >= 4 is 21.8 Å². The second-order valence-corrected chi connectivity index (χ2v) is 6.55. The van der Waals surface area contributed by atoms with E-state index in [1.54, 1.807) is 10.9 Å². The predicted molar refractivity (Wildman–Crippen MR) is 73.0 cm³/mol. The maximum Gasteiger partial charge on any atom is 0.270 e. The number of hydrogen-bond donors (Lipinski definition) is 1. The second-order valence-electron chi connectivity index (χ2n) is 5.38. The molecule has 0 bridgehead atoms. The van der Waals surface area contributed by atoms with Gasteiger partial charge in [0.25, 0.3) is 5.91 Å². The van der Waals surface area contributed by atoms with Crippen molar-refractivity contribution in [2.45, 2.75) is 42.8 Å². The first kappa shape index (κ1) is 12.8. The minimum atomic E-state index is -0.996. The quantitative estimate of drug-likeness (QED) is 0.635. The van der Waals surface area contributed by atoms with Crippen LogP contribution in [0.2, 0.25) is 0 Å². The lowest BCUT2D eigenvalue weighted by Crippen LogP contribution is -2.56. The van der Waals surface area contributed by atoms with E-state index in [4.69, 9.17) is 0 Å². The molecule has 0 radical (unpaired) electrons. The van der Waals surface area contributed by atoms with Gasteiger partial charge in [-0.25, -0.2) is 9.37 Å². The minimum Gasteiger partial charge on any atom is -0.340 e. The number of imidazole rings is 1. The molecule has 3 atom stereocenters. The molecule has 1 aliphatic carbocycles. The monoisotopic (exact) mass is 327 g/mol. The van der Waals surface area contributed by atoms with E-state index in [1.165, 1.54) is 6.20 Å². The number of aromatic nitrogens is 2. The standard InChI is InChI=1S/C13H15BrFN3O/c1-13(9-4-8(14)2-3-10(9)15)6-18-7-16-5-11(18)12(19)17-13/h4-5,7-8,10H,2-3,6H2,1H3,(H,17,19)/t8?,10-,13-/m0/s1. The minimum absolute atomic E-state index is 0.174. The van der Waals surface area contributed by atoms with E-state index in [-0.39, 0.29) is 10.7 Å². The highest BCUT2D eigenvalue weighted by Crippen LogP contribution is 2.35. The van der Waals surface area contributed by atoms with Gasteiger partial charge >= 0.3 is 0 Å². The van der Waals surface area contributed by atoms with E-state index >= 15 is 0 Å². The van der Waals surface area contributed by atoms with Crippen LogP contribution in [-0.4, -0.2) is 32.0 Å². The van der Waals surface area contributed by atoms with E-state index in [0.29, 0.717) is 24.2 Å². The van der Waals surface area contributed by atoms with Crippen LogP contribution < -0.4 is 5.32 Å². The molecule has 0 saturated heterocycles. The SMILES string of the molecule is C[C@@]1(C2=CC(Br)CC[C@@H]2F)Cn2cncc2C(=O)N1. The summed E-state index contributed by atoms with van der Waals surface area (Å²) in [5.74, 6) is -0.198. The highest BCUT2D eigenvalue weighted by Gasteiger charge is 2.41. The fourth-order valence-electron chi connectivity index (χ4n) is 2.87. The Labute approximate surface area is 119 Å². The first-order valence-corrected chi connectivity index (χ1v) is 7.24. The molecule has 1 aromatic heterocycles. The van der Waals surface area contributed by atoms with Gasteiger partial charge < -0.3 is 9.88 Å². The van der Waals surface area contributed by atoms with Crippen LogP contribution in [0.4, 0.5) is 4.39 Å². The lowest BCUT2D eigenvalue weighted by molar-refractivity contribution is 0.0860. The molecule has 1 N–H and O–H groups in total. The van der Waals surface area contributed by atoms with Crippen molar-refractivity contribution in [1.29, 1.82) is 0 Å². The van der Waals surface area contributed by atoms with Gasteiger partial charge in [-0.05, 0) is 25.3 Å². The number of amides is 1. The van der Waals surface area contributed by atoms with Crippen LogP contribution in [0.25, 0.3) is 0 Å². The topological polar surface area (TPSA) is 46.9 Å². The third kappa shape index (κ3) is 2.12. The fraction of sp³-hybridized carbons (Fsp3) is 0.538. The van der Waals surface area contributed by atoms with Crippen LogP contribution in [0.1, 0.15) is 30.3 Å². The van der Waals surface area contributed by atoms with Crippen molar-refractivity contribution < 1.29 is 9.18 Å². The Morgan fingerprint density at radius 2 is 2.37 bits per heavy atom. The number of nitrogens with one attached hydrogen (secondary N) is 1. The van der Waals surface area contributed by atoms with Crippen LogP contribution in [0.3, 0.4) is 0 Å². The molecule has 6 heteroatoms. The van der Waals surface area contributed by atoms with Crippen LogP contribution in [0, 0.1) is 0 Å². The third-order valence-corrected chi connectivity index (χ3v) is 4.57. The summed E-state index contributed by atoms with van der Waals surface area (Å²) in [5, 5.41) is 2.93. The van der Waals surface area contributed by atoms with Gasteiger partial charge in [0.2, 0.25) is 0 Å². The van der Waals surface area contributed by atoms with Crippen LogP contribution in [-0.2, 0) is 6.54 Å². The highest BCUT2D eigenvalue weighted by atomic mass is 79.9. The van der Waals surface area contributed by atoms with E-state index in [1.807, 2.05) is 13.0 Å². The maximum atomic E-state index is 14.2. The number of halogens is 2. The Morgan fingerprint density at radius 3 is 3.16 bits per heavy atom. The molecule has 1 unspecified atom stereocenters. The number of fused-ring (bicyclic) bond motifs is 1. The van der Waals surface area contributed by atoms with Crippen molar-refractivity contribution in [3.05, 3.63) is 29.9 Å². The normalized spacial score (nSPS) is 34.5. The van der Waals surface area contributed by atoms with Gasteiger partial charge in [0.1, 0.15) is 11.9 Å². The number of nitrogens with zero attached hydrogens (tertiary/aromatic N) is 2. The Morgan fingerprint density at radius 1 is 1.58 bits per heavy atom. The van der Waals surface area contributed by atoms with E-state index in [9.17, 15) is 9.18 Å². The number of hydrogen-bond acceptors (Lipinski definition) is 2. The molecule has 0 aromatic carbocycles. The molecular formula is C13H15BrFN3O. The molecule has 1 aliphatic heterocycles. The molecule has 0 spiro atoms. The van der Waals surface area contributed by atoms with Gasteiger partial charge in [0.15, 0.2) is 0 Å². The zero-order chi connectivity index (χ0) is 13.6. The van der Waals surface area contributed by atoms with Crippen LogP contribution in [0.5, 0.6) is 0 Å². The Balaban J connectivity index is 1.99. The van der Waals surface area contributed by atoms with Gasteiger partial charge in [-0.1, -0.05) is 22.0 Å². The van der Waals surface area contributed by atoms with Crippen molar-refractivity contribution in [2.24, 2.45) is 0 Å². The summed E-state index contributed by atoms with van der Waals surface area (Å²) in [4.78, 5) is 16.2. The largest absolute Gasteiger partial charge is 0.340 e. The second kappa shape index (κ2) is 4.44. The number of allylic oxidation sites excluding steroid dienone is 1. The van der Waals surface area contributed by atoms with E-state index in [0.717, 1.165) is 6.42 Å². The number of carbonyl (C=O) groups is 1. The molecule has 0 saturated carbocycles. The number of carbonyl (C=O) groups excluding carboxylic acids is 1. The average Bonchev–Trinajstić information content (AvgIpc) is 2.80. The zero-order valence-corrected chi connectivity index (χ0v) is 12.2. The van der Waals surface area contributed by atoms with Gasteiger partial charge in [-0.3, -0.25) is 4.79 Å². The Hall–Kier alpha value is -1.17. The molecule has 1 aromatic rings. The van der Waals surface area contributed by atoms with Gasteiger partial charge in [0, 0.05) is 4.83 Å². The van der Waals surface area contributed by atoms with Crippen molar-refractivity contribution in [3.8, 4) is 0 Å². The summed E-state index contributed by atoms with van der Waals surface area (Å²) in [6.07, 6.45) is 5.33. The molecule has 0 fully saturated rings. The molecular weight excluding hydrogens is 313 g/mol. The fourth-order valence-corrected chi connectivity index (χ4v) is 3.42. The average molecular weight is 328 g/mol. The molecule has 1 amide bonds. The summed E-state index contributed by atoms with van der Waals surface area (Å²) in [5.41, 5.74) is 0.504. The van der Waals surface area contributed by atoms with Crippen molar-refractivity contribution in [1.82, 2.24) is 14.9 Å². The van der Waals surface area contributed by atoms with Gasteiger partial charge in [-0.2, -0.15) is 0 Å². The predicted octanol–water partition coefficient (Wildman–Crippen LogP) is 2.21. The van der Waals surface area contributed by atoms with Crippen molar-refractivity contribution in [2.75, 3.05) is 0 Å². The smallest absolute Gasteiger partial charge is 0.270 e. The van der Waals surface area contributed by atoms with Crippen LogP contribution in [0.15, 0.2) is 24.2 Å². The Kier molecular flexibility index (Phi) is 3.00. The summed E-state index contributed by atoms with van der Waals surface area (Å²) in [6, 6.07) is 0. The molecule has 102 valence electrons. The third-order valence-electron chi connectivity index (χ3n) is 3.85. The molecule has 4 nitrogen and oxygen atoms in total. The molecule has 2 heterocycles. The zero-order valence-electron chi connectivity index (χ0n) is 10.6. The molecule has 19 heavy (non-hydrogen) atoms. The summed E-state index contributed by atoms with van der Waals surface area (Å²) < 4.78 is 16.0. The lowest BCUT2D eigenvalue weighted by atomic mass is 9.81. The molecule has 3 rings (SSSR count). The van der Waals surface area contributed by atoms with Crippen LogP contribution >= 0.6 is 15.9 Å². The number of rotatable bonds is 1. The van der Waals surface area contributed by atoms with Crippen molar-refractivity contribution in [3.63, 3.8) is 0 Å². The van der Waals surface area contributed by atoms with Gasteiger partial charge in [0.05, 0.1) is 24.6 Å². The summed E-state index contributed by atoms with van der Waals surface area (Å²) >= 11 is 3.51. The summed E-state index contributed by atoms with van der Waals surface area (Å²) in [7, 11) is 0. The highest BCUT2D eigenvalue weighted by molar-refractivity contribution is 9.09. The first-order chi connectivity index (χ1) is 8.99. The van der Waals surface area contributed by atoms with Gasteiger partial charge in [-0.15, -0.1) is 0 Å². The summed E-state index contributed by atoms with van der Waals surface area (Å²) in [6.45, 7) is 2.39.